The van der Waals surface area contributed by atoms with E-state index in [1.807, 2.05) is 0 Å². The summed E-state index contributed by atoms with van der Waals surface area (Å²) >= 11 is 0. The van der Waals surface area contributed by atoms with Crippen molar-refractivity contribution in [3.05, 3.63) is 95.6 Å². The number of furan rings is 1. The SMILES string of the molecule is Cc1ccc2oc3c(-c4ccc5c(c4)-c4ccccc4C5)cccc3c2c1. The minimum atomic E-state index is 0.953. The first-order chi connectivity index (χ1) is 13.3. The fourth-order valence-electron chi connectivity index (χ4n) is 4.43. The molecule has 128 valence electrons. The Morgan fingerprint density at radius 3 is 2.48 bits per heavy atom. The number of fused-ring (bicyclic) bond motifs is 6. The monoisotopic (exact) mass is 346 g/mol. The zero-order chi connectivity index (χ0) is 18.0. The lowest BCUT2D eigenvalue weighted by Gasteiger charge is -2.07. The van der Waals surface area contributed by atoms with E-state index in [-0.39, 0.29) is 0 Å². The molecule has 0 amide bonds. The third-order valence-corrected chi connectivity index (χ3v) is 5.76. The Balaban J connectivity index is 1.61. The van der Waals surface area contributed by atoms with E-state index >= 15 is 0 Å². The van der Waals surface area contributed by atoms with E-state index in [4.69, 9.17) is 4.42 Å². The third kappa shape index (κ3) is 2.12. The maximum Gasteiger partial charge on any atom is 0.143 e. The molecule has 4 aromatic carbocycles. The summed E-state index contributed by atoms with van der Waals surface area (Å²) in [4.78, 5) is 0. The molecule has 1 aliphatic rings. The molecule has 1 aromatic heterocycles. The van der Waals surface area contributed by atoms with Crippen LogP contribution in [0.1, 0.15) is 16.7 Å². The third-order valence-electron chi connectivity index (χ3n) is 5.76. The smallest absolute Gasteiger partial charge is 0.143 e. The van der Waals surface area contributed by atoms with Gasteiger partial charge in [-0.3, -0.25) is 0 Å². The Labute approximate surface area is 157 Å². The number of aryl methyl sites for hydroxylation is 1. The first-order valence-corrected chi connectivity index (χ1v) is 9.41. The quantitative estimate of drug-likeness (QED) is 0.308. The standard InChI is InChI=1S/C26H18O/c1-16-9-12-25-24(13-16)22-8-4-7-21(26(22)27-25)19-11-10-18-14-17-5-2-3-6-20(17)23(18)15-19/h2-13,15H,14H2,1H3. The summed E-state index contributed by atoms with van der Waals surface area (Å²) < 4.78 is 6.28. The second-order valence-corrected chi connectivity index (χ2v) is 7.49. The van der Waals surface area contributed by atoms with Crippen molar-refractivity contribution in [3.63, 3.8) is 0 Å². The molecular weight excluding hydrogens is 328 g/mol. The molecule has 6 rings (SSSR count). The van der Waals surface area contributed by atoms with Crippen molar-refractivity contribution >= 4 is 21.9 Å². The predicted octanol–water partition coefficient (Wildman–Crippen LogP) is 7.13. The molecule has 0 atom stereocenters. The van der Waals surface area contributed by atoms with E-state index in [1.165, 1.54) is 44.2 Å². The summed E-state index contributed by atoms with van der Waals surface area (Å²) in [5, 5.41) is 2.38. The Bertz CT molecular complexity index is 1350. The summed E-state index contributed by atoms with van der Waals surface area (Å²) in [6.07, 6.45) is 1.03. The molecule has 0 unspecified atom stereocenters. The van der Waals surface area contributed by atoms with Gasteiger partial charge in [-0.05, 0) is 59.4 Å². The summed E-state index contributed by atoms with van der Waals surface area (Å²) in [5.41, 5.74) is 11.1. The number of benzene rings is 4. The minimum Gasteiger partial charge on any atom is -0.455 e. The van der Waals surface area contributed by atoms with Gasteiger partial charge in [-0.25, -0.2) is 0 Å². The van der Waals surface area contributed by atoms with Gasteiger partial charge in [0.1, 0.15) is 11.2 Å². The summed E-state index contributed by atoms with van der Waals surface area (Å²) in [5.74, 6) is 0. The molecule has 0 N–H and O–H groups in total. The average molecular weight is 346 g/mol. The summed E-state index contributed by atoms with van der Waals surface area (Å²) in [7, 11) is 0. The highest BCUT2D eigenvalue weighted by molar-refractivity contribution is 6.09. The Morgan fingerprint density at radius 2 is 1.52 bits per heavy atom. The van der Waals surface area contributed by atoms with E-state index in [1.54, 1.807) is 0 Å². The molecule has 0 saturated carbocycles. The molecule has 0 saturated heterocycles. The maximum atomic E-state index is 6.28. The highest BCUT2D eigenvalue weighted by Gasteiger charge is 2.19. The zero-order valence-corrected chi connectivity index (χ0v) is 15.1. The van der Waals surface area contributed by atoms with Gasteiger partial charge in [-0.15, -0.1) is 0 Å². The van der Waals surface area contributed by atoms with Gasteiger partial charge in [0.25, 0.3) is 0 Å². The van der Waals surface area contributed by atoms with Gasteiger partial charge in [0, 0.05) is 16.3 Å². The van der Waals surface area contributed by atoms with Gasteiger partial charge in [-0.1, -0.05) is 66.2 Å². The van der Waals surface area contributed by atoms with Crippen molar-refractivity contribution in [1.82, 2.24) is 0 Å². The van der Waals surface area contributed by atoms with Crippen molar-refractivity contribution in [2.45, 2.75) is 13.3 Å². The van der Waals surface area contributed by atoms with Crippen LogP contribution in [0.15, 0.2) is 83.3 Å². The van der Waals surface area contributed by atoms with Gasteiger partial charge in [-0.2, -0.15) is 0 Å². The van der Waals surface area contributed by atoms with Gasteiger partial charge >= 0.3 is 0 Å². The lowest BCUT2D eigenvalue weighted by atomic mass is 9.97. The second kappa shape index (κ2) is 5.34. The molecule has 1 nitrogen and oxygen atoms in total. The van der Waals surface area contributed by atoms with Gasteiger partial charge in [0.15, 0.2) is 0 Å². The number of para-hydroxylation sites is 1. The molecule has 0 spiro atoms. The fraction of sp³-hybridized carbons (Fsp3) is 0.0769. The minimum absolute atomic E-state index is 0.953. The van der Waals surface area contributed by atoms with Gasteiger partial charge in [0.2, 0.25) is 0 Å². The predicted molar refractivity (Wildman–Crippen MR) is 112 cm³/mol. The van der Waals surface area contributed by atoms with Crippen LogP contribution in [-0.4, -0.2) is 0 Å². The van der Waals surface area contributed by atoms with Crippen LogP contribution in [-0.2, 0) is 6.42 Å². The van der Waals surface area contributed by atoms with Crippen molar-refractivity contribution in [3.8, 4) is 22.3 Å². The average Bonchev–Trinajstić information content (AvgIpc) is 3.25. The lowest BCUT2D eigenvalue weighted by molar-refractivity contribution is 0.670. The van der Waals surface area contributed by atoms with E-state index in [9.17, 15) is 0 Å². The molecule has 1 heterocycles. The first-order valence-electron chi connectivity index (χ1n) is 9.41. The van der Waals surface area contributed by atoms with E-state index in [0.29, 0.717) is 0 Å². The number of rotatable bonds is 1. The van der Waals surface area contributed by atoms with Crippen molar-refractivity contribution < 1.29 is 4.42 Å². The fourth-order valence-corrected chi connectivity index (χ4v) is 4.43. The zero-order valence-electron chi connectivity index (χ0n) is 15.1. The lowest BCUT2D eigenvalue weighted by Crippen LogP contribution is -1.83. The summed E-state index contributed by atoms with van der Waals surface area (Å²) in [6, 6.07) is 28.4. The highest BCUT2D eigenvalue weighted by Crippen LogP contribution is 2.41. The van der Waals surface area contributed by atoms with Crippen molar-refractivity contribution in [2.24, 2.45) is 0 Å². The molecule has 0 radical (unpaired) electrons. The van der Waals surface area contributed by atoms with Crippen LogP contribution in [0.2, 0.25) is 0 Å². The Morgan fingerprint density at radius 1 is 0.667 bits per heavy atom. The maximum absolute atomic E-state index is 6.28. The van der Waals surface area contributed by atoms with Crippen LogP contribution in [0, 0.1) is 6.92 Å². The molecular formula is C26H18O. The van der Waals surface area contributed by atoms with E-state index in [0.717, 1.165) is 23.2 Å². The largest absolute Gasteiger partial charge is 0.455 e. The Kier molecular flexibility index (Phi) is 2.93. The molecule has 0 bridgehead atoms. The van der Waals surface area contributed by atoms with Crippen LogP contribution < -0.4 is 0 Å². The van der Waals surface area contributed by atoms with Crippen molar-refractivity contribution in [2.75, 3.05) is 0 Å². The Hall–Kier alpha value is -3.32. The first kappa shape index (κ1) is 14.8. The van der Waals surface area contributed by atoms with Crippen LogP contribution in [0.4, 0.5) is 0 Å². The van der Waals surface area contributed by atoms with E-state index < -0.39 is 0 Å². The van der Waals surface area contributed by atoms with Crippen LogP contribution in [0.25, 0.3) is 44.2 Å². The topological polar surface area (TPSA) is 13.1 Å². The van der Waals surface area contributed by atoms with Gasteiger partial charge < -0.3 is 4.42 Å². The normalized spacial score (nSPS) is 12.5. The van der Waals surface area contributed by atoms with E-state index in [2.05, 4.69) is 85.8 Å². The highest BCUT2D eigenvalue weighted by atomic mass is 16.3. The molecule has 1 aliphatic carbocycles. The molecule has 27 heavy (non-hydrogen) atoms. The molecule has 0 fully saturated rings. The summed E-state index contributed by atoms with van der Waals surface area (Å²) in [6.45, 7) is 2.13. The molecule has 5 aromatic rings. The second-order valence-electron chi connectivity index (χ2n) is 7.49. The van der Waals surface area contributed by atoms with Gasteiger partial charge in [0.05, 0.1) is 0 Å². The molecule has 0 aliphatic heterocycles. The van der Waals surface area contributed by atoms with Crippen LogP contribution in [0.3, 0.4) is 0 Å². The number of hydrogen-bond donors (Lipinski definition) is 0. The number of hydrogen-bond acceptors (Lipinski definition) is 1. The van der Waals surface area contributed by atoms with Crippen molar-refractivity contribution in [1.29, 1.82) is 0 Å². The van der Waals surface area contributed by atoms with Crippen LogP contribution in [0.5, 0.6) is 0 Å². The van der Waals surface area contributed by atoms with Crippen LogP contribution >= 0.6 is 0 Å². The molecule has 1 heteroatoms.